The fraction of sp³-hybridized carbons (Fsp3) is 0.133. The number of nitrogens with two attached hydrogens (primary N) is 1. The summed E-state index contributed by atoms with van der Waals surface area (Å²) in [5, 5.41) is 9.33. The van der Waals surface area contributed by atoms with Gasteiger partial charge in [-0.1, -0.05) is 23.7 Å². The molecule has 3 nitrogen and oxygen atoms in total. The van der Waals surface area contributed by atoms with Gasteiger partial charge >= 0.3 is 0 Å². The smallest absolute Gasteiger partial charge is 0.146 e. The van der Waals surface area contributed by atoms with Gasteiger partial charge in [0.2, 0.25) is 0 Å². The molecule has 0 spiro atoms. The van der Waals surface area contributed by atoms with Crippen molar-refractivity contribution in [3.05, 3.63) is 58.6 Å². The molecule has 1 atom stereocenters. The van der Waals surface area contributed by atoms with Crippen LogP contribution in [0.25, 0.3) is 0 Å². The van der Waals surface area contributed by atoms with Crippen LogP contribution in [0.15, 0.2) is 42.5 Å². The Balaban J connectivity index is 2.26. The maximum absolute atomic E-state index is 8.83. The van der Waals surface area contributed by atoms with Gasteiger partial charge in [-0.05, 0) is 42.8 Å². The first-order valence-electron chi connectivity index (χ1n) is 5.83. The Hall–Kier alpha value is -2.02. The molecule has 0 fully saturated rings. The second-order valence-electron chi connectivity index (χ2n) is 4.22. The number of halogens is 1. The van der Waals surface area contributed by atoms with Crippen molar-refractivity contribution in [1.29, 1.82) is 5.26 Å². The zero-order valence-corrected chi connectivity index (χ0v) is 11.2. The van der Waals surface area contributed by atoms with E-state index in [1.165, 1.54) is 0 Å². The fourth-order valence-electron chi connectivity index (χ4n) is 1.64. The van der Waals surface area contributed by atoms with E-state index in [1.54, 1.807) is 36.4 Å². The second-order valence-corrected chi connectivity index (χ2v) is 4.63. The molecule has 4 heteroatoms. The fourth-order valence-corrected chi connectivity index (χ4v) is 1.87. The van der Waals surface area contributed by atoms with Crippen LogP contribution in [0.2, 0.25) is 5.02 Å². The summed E-state index contributed by atoms with van der Waals surface area (Å²) in [7, 11) is 0. The van der Waals surface area contributed by atoms with E-state index in [2.05, 4.69) is 6.07 Å². The van der Waals surface area contributed by atoms with Gasteiger partial charge in [-0.15, -0.1) is 0 Å². The highest BCUT2D eigenvalue weighted by atomic mass is 35.5. The summed E-state index contributed by atoms with van der Waals surface area (Å²) in [5.41, 5.74) is 7.28. The Labute approximate surface area is 117 Å². The average molecular weight is 273 g/mol. The minimum absolute atomic E-state index is 0.0755. The molecular weight excluding hydrogens is 260 g/mol. The number of benzene rings is 2. The molecule has 0 saturated heterocycles. The van der Waals surface area contributed by atoms with Gasteiger partial charge in [0.15, 0.2) is 0 Å². The van der Waals surface area contributed by atoms with Crippen LogP contribution in [0.4, 0.5) is 0 Å². The number of rotatable bonds is 3. The summed E-state index contributed by atoms with van der Waals surface area (Å²) in [4.78, 5) is 0. The Morgan fingerprint density at radius 2 is 2.05 bits per heavy atom. The third-order valence-electron chi connectivity index (χ3n) is 2.67. The van der Waals surface area contributed by atoms with Crippen molar-refractivity contribution in [2.75, 3.05) is 0 Å². The first-order chi connectivity index (χ1) is 9.10. The minimum atomic E-state index is -0.0755. The predicted molar refractivity (Wildman–Crippen MR) is 75.3 cm³/mol. The Morgan fingerprint density at radius 3 is 2.68 bits per heavy atom. The monoisotopic (exact) mass is 272 g/mol. The van der Waals surface area contributed by atoms with E-state index in [4.69, 9.17) is 27.3 Å². The third-order valence-corrected chi connectivity index (χ3v) is 2.97. The molecule has 2 aromatic carbocycles. The van der Waals surface area contributed by atoms with Crippen molar-refractivity contribution >= 4 is 11.6 Å². The summed E-state index contributed by atoms with van der Waals surface area (Å²) < 4.78 is 5.66. The first-order valence-corrected chi connectivity index (χ1v) is 6.21. The number of nitriles is 1. The highest BCUT2D eigenvalue weighted by Crippen LogP contribution is 2.31. The third kappa shape index (κ3) is 3.25. The quantitative estimate of drug-likeness (QED) is 0.918. The molecule has 2 aromatic rings. The molecule has 0 aliphatic rings. The van der Waals surface area contributed by atoms with Crippen molar-refractivity contribution in [2.24, 2.45) is 5.73 Å². The van der Waals surface area contributed by atoms with Crippen molar-refractivity contribution in [3.63, 3.8) is 0 Å². The summed E-state index contributed by atoms with van der Waals surface area (Å²) in [6.07, 6.45) is 0. The van der Waals surface area contributed by atoms with Gasteiger partial charge in [-0.2, -0.15) is 5.26 Å². The van der Waals surface area contributed by atoms with E-state index in [0.717, 1.165) is 5.56 Å². The maximum atomic E-state index is 8.83. The Bertz CT molecular complexity index is 632. The second kappa shape index (κ2) is 5.75. The lowest BCUT2D eigenvalue weighted by atomic mass is 10.1. The van der Waals surface area contributed by atoms with E-state index in [9.17, 15) is 0 Å². The van der Waals surface area contributed by atoms with Crippen LogP contribution in [0.3, 0.4) is 0 Å². The van der Waals surface area contributed by atoms with Crippen LogP contribution in [-0.4, -0.2) is 0 Å². The molecule has 2 rings (SSSR count). The van der Waals surface area contributed by atoms with Gasteiger partial charge < -0.3 is 10.5 Å². The van der Waals surface area contributed by atoms with E-state index >= 15 is 0 Å². The zero-order chi connectivity index (χ0) is 13.8. The van der Waals surface area contributed by atoms with Gasteiger partial charge in [0, 0.05) is 6.04 Å². The first kappa shape index (κ1) is 13.4. The summed E-state index contributed by atoms with van der Waals surface area (Å²) in [6, 6.07) is 14.3. The molecule has 0 radical (unpaired) electrons. The Morgan fingerprint density at radius 1 is 1.26 bits per heavy atom. The summed E-state index contributed by atoms with van der Waals surface area (Å²) in [6.45, 7) is 1.89. The topological polar surface area (TPSA) is 59.0 Å². The number of hydrogen-bond donors (Lipinski definition) is 1. The van der Waals surface area contributed by atoms with E-state index in [0.29, 0.717) is 22.1 Å². The lowest BCUT2D eigenvalue weighted by Gasteiger charge is -2.11. The highest BCUT2D eigenvalue weighted by Gasteiger charge is 2.07. The van der Waals surface area contributed by atoms with E-state index < -0.39 is 0 Å². The molecule has 96 valence electrons. The predicted octanol–water partition coefficient (Wildman–Crippen LogP) is 4.02. The number of nitrogens with zero attached hydrogens (tertiary/aromatic N) is 1. The molecule has 0 aliphatic carbocycles. The SMILES string of the molecule is C[C@H](N)c1ccc(Oc2cccc(C#N)c2)c(Cl)c1. The van der Waals surface area contributed by atoms with Crippen LogP contribution in [-0.2, 0) is 0 Å². The number of hydrogen-bond acceptors (Lipinski definition) is 3. The zero-order valence-electron chi connectivity index (χ0n) is 10.4. The number of ether oxygens (including phenoxy) is 1. The van der Waals surface area contributed by atoms with Crippen LogP contribution in [0.5, 0.6) is 11.5 Å². The molecule has 19 heavy (non-hydrogen) atoms. The van der Waals surface area contributed by atoms with Crippen molar-refractivity contribution in [2.45, 2.75) is 13.0 Å². The van der Waals surface area contributed by atoms with Crippen molar-refractivity contribution < 1.29 is 4.74 Å². The molecule has 0 saturated carbocycles. The van der Waals surface area contributed by atoms with Crippen LogP contribution in [0.1, 0.15) is 24.1 Å². The molecule has 0 aliphatic heterocycles. The van der Waals surface area contributed by atoms with Gasteiger partial charge in [-0.25, -0.2) is 0 Å². The van der Waals surface area contributed by atoms with Gasteiger partial charge in [-0.3, -0.25) is 0 Å². The lowest BCUT2D eigenvalue weighted by Crippen LogP contribution is -2.04. The standard InChI is InChI=1S/C15H13ClN2O/c1-10(18)12-5-6-15(14(16)8-12)19-13-4-2-3-11(7-13)9-17/h2-8,10H,18H2,1H3/t10-/m0/s1. The normalized spacial score (nSPS) is 11.7. The molecule has 0 amide bonds. The summed E-state index contributed by atoms with van der Waals surface area (Å²) >= 11 is 6.15. The van der Waals surface area contributed by atoms with Crippen LogP contribution < -0.4 is 10.5 Å². The molecule has 0 heterocycles. The van der Waals surface area contributed by atoms with Crippen molar-refractivity contribution in [1.82, 2.24) is 0 Å². The summed E-state index contributed by atoms with van der Waals surface area (Å²) in [5.74, 6) is 1.12. The van der Waals surface area contributed by atoms with Gasteiger partial charge in [0.05, 0.1) is 16.7 Å². The van der Waals surface area contributed by atoms with Crippen molar-refractivity contribution in [3.8, 4) is 17.6 Å². The van der Waals surface area contributed by atoms with Crippen LogP contribution in [0, 0.1) is 11.3 Å². The maximum Gasteiger partial charge on any atom is 0.146 e. The van der Waals surface area contributed by atoms with Gasteiger partial charge in [0.25, 0.3) is 0 Å². The minimum Gasteiger partial charge on any atom is -0.456 e. The van der Waals surface area contributed by atoms with E-state index in [1.807, 2.05) is 13.0 Å². The van der Waals surface area contributed by atoms with Gasteiger partial charge in [0.1, 0.15) is 11.5 Å². The average Bonchev–Trinajstić information content (AvgIpc) is 2.41. The Kier molecular flexibility index (Phi) is 4.06. The molecular formula is C15H13ClN2O. The molecule has 0 aromatic heterocycles. The largest absolute Gasteiger partial charge is 0.456 e. The van der Waals surface area contributed by atoms with E-state index in [-0.39, 0.29) is 6.04 Å². The molecule has 0 unspecified atom stereocenters. The van der Waals surface area contributed by atoms with Crippen LogP contribution >= 0.6 is 11.6 Å². The molecule has 0 bridgehead atoms. The highest BCUT2D eigenvalue weighted by molar-refractivity contribution is 6.32. The molecule has 2 N–H and O–H groups in total. The lowest BCUT2D eigenvalue weighted by molar-refractivity contribution is 0.482.